The van der Waals surface area contributed by atoms with Crippen molar-refractivity contribution in [3.8, 4) is 0 Å². The largest absolute Gasteiger partial charge is 0.338 e. The molecule has 13 heteroatoms. The van der Waals surface area contributed by atoms with Crippen molar-refractivity contribution in [2.45, 2.75) is 13.3 Å². The molecule has 0 atom stereocenters. The van der Waals surface area contributed by atoms with Crippen molar-refractivity contribution >= 4 is 62.4 Å². The molecule has 0 spiro atoms. The lowest BCUT2D eigenvalue weighted by Crippen LogP contribution is -2.48. The molecule has 2 N–H and O–H groups in total. The minimum Gasteiger partial charge on any atom is -0.338 e. The summed E-state index contributed by atoms with van der Waals surface area (Å²) in [5, 5.41) is 6.46. The van der Waals surface area contributed by atoms with Crippen molar-refractivity contribution in [1.29, 1.82) is 0 Å². The highest BCUT2D eigenvalue weighted by atomic mass is 35.5. The Hall–Kier alpha value is -2.99. The van der Waals surface area contributed by atoms with E-state index >= 15 is 0 Å². The molecule has 3 heterocycles. The molecule has 1 aliphatic heterocycles. The van der Waals surface area contributed by atoms with Crippen LogP contribution < -0.4 is 15.5 Å². The normalized spacial score (nSPS) is 14.5. The zero-order valence-corrected chi connectivity index (χ0v) is 22.0. The molecule has 0 saturated carbocycles. The summed E-state index contributed by atoms with van der Waals surface area (Å²) >= 11 is 12.3. The smallest absolute Gasteiger partial charge is 0.258 e. The van der Waals surface area contributed by atoms with Gasteiger partial charge in [0.05, 0.1) is 21.9 Å². The molecule has 1 fully saturated rings. The highest BCUT2D eigenvalue weighted by Gasteiger charge is 2.25. The molecule has 0 bridgehead atoms. The first-order valence-corrected chi connectivity index (χ1v) is 13.8. The van der Waals surface area contributed by atoms with Crippen LogP contribution in [0.3, 0.4) is 0 Å². The van der Waals surface area contributed by atoms with Crippen LogP contribution in [0.5, 0.6) is 0 Å². The van der Waals surface area contributed by atoms with Crippen molar-refractivity contribution in [2.75, 3.05) is 48.0 Å². The Kier molecular flexibility index (Phi) is 7.94. The highest BCUT2D eigenvalue weighted by molar-refractivity contribution is 7.88. The van der Waals surface area contributed by atoms with Crippen LogP contribution in [-0.2, 0) is 16.4 Å². The number of aryl methyl sites for hydroxylation is 1. The number of amides is 1. The molecule has 36 heavy (non-hydrogen) atoms. The van der Waals surface area contributed by atoms with E-state index in [1.807, 2.05) is 17.9 Å². The van der Waals surface area contributed by atoms with Crippen molar-refractivity contribution in [1.82, 2.24) is 19.3 Å². The van der Waals surface area contributed by atoms with Crippen LogP contribution in [0.1, 0.15) is 23.0 Å². The number of sulfonamides is 1. The summed E-state index contributed by atoms with van der Waals surface area (Å²) in [5.41, 5.74) is 1.51. The Bertz CT molecular complexity index is 1360. The van der Waals surface area contributed by atoms with Crippen LogP contribution in [0, 0.1) is 0 Å². The summed E-state index contributed by atoms with van der Waals surface area (Å²) in [5.74, 6) is 1.08. The summed E-state index contributed by atoms with van der Waals surface area (Å²) in [7, 11) is -3.23. The number of aromatic nitrogens is 3. The van der Waals surface area contributed by atoms with E-state index in [1.165, 1.54) is 10.6 Å². The van der Waals surface area contributed by atoms with Crippen LogP contribution in [0.4, 0.5) is 23.3 Å². The number of carbonyl (C=O) groups excluding carboxylic acids is 1. The number of rotatable bonds is 7. The standard InChI is InChI=1S/C23H25Cl2N7O3S/c1-3-15-13-20(30-23(28-15)31-9-11-32(12-10-31)36(2,34)35)29-19-14-16(7-8-26-19)27-22(33)21-17(24)5-4-6-18(21)25/h4-8,13-14H,3,9-12H2,1-2H3,(H2,26,27,28,29,30,33). The van der Waals surface area contributed by atoms with Gasteiger partial charge in [-0.25, -0.2) is 18.4 Å². The van der Waals surface area contributed by atoms with E-state index in [0.717, 1.165) is 5.69 Å². The third-order valence-corrected chi connectivity index (χ3v) is 7.52. The van der Waals surface area contributed by atoms with Gasteiger partial charge in [0.1, 0.15) is 11.6 Å². The van der Waals surface area contributed by atoms with Gasteiger partial charge in [-0.3, -0.25) is 4.79 Å². The number of piperazine rings is 1. The molecule has 1 amide bonds. The van der Waals surface area contributed by atoms with Gasteiger partial charge in [-0.05, 0) is 24.6 Å². The van der Waals surface area contributed by atoms with Gasteiger partial charge in [0, 0.05) is 55.9 Å². The predicted molar refractivity (Wildman–Crippen MR) is 142 cm³/mol. The molecule has 1 aromatic carbocycles. The van der Waals surface area contributed by atoms with Crippen LogP contribution in [0.15, 0.2) is 42.6 Å². The molecule has 1 aliphatic rings. The fourth-order valence-corrected chi connectivity index (χ4v) is 5.10. The number of benzene rings is 1. The third kappa shape index (κ3) is 6.22. The Morgan fingerprint density at radius 2 is 1.72 bits per heavy atom. The van der Waals surface area contributed by atoms with Crippen molar-refractivity contribution < 1.29 is 13.2 Å². The summed E-state index contributed by atoms with van der Waals surface area (Å²) in [6, 6.07) is 10.0. The summed E-state index contributed by atoms with van der Waals surface area (Å²) in [4.78, 5) is 28.2. The number of hydrogen-bond donors (Lipinski definition) is 2. The fraction of sp³-hybridized carbons (Fsp3) is 0.304. The third-order valence-electron chi connectivity index (χ3n) is 5.58. The van der Waals surface area contributed by atoms with E-state index in [2.05, 4.69) is 25.6 Å². The molecule has 1 saturated heterocycles. The molecule has 3 aromatic rings. The van der Waals surface area contributed by atoms with E-state index < -0.39 is 15.9 Å². The van der Waals surface area contributed by atoms with E-state index in [-0.39, 0.29) is 15.6 Å². The van der Waals surface area contributed by atoms with E-state index in [1.54, 1.807) is 36.5 Å². The van der Waals surface area contributed by atoms with Crippen LogP contribution >= 0.6 is 23.2 Å². The van der Waals surface area contributed by atoms with Crippen LogP contribution in [-0.4, -0.2) is 66.0 Å². The Balaban J connectivity index is 1.50. The zero-order valence-electron chi connectivity index (χ0n) is 19.7. The lowest BCUT2D eigenvalue weighted by molar-refractivity contribution is 0.102. The average molecular weight is 550 g/mol. The Labute approximate surface area is 219 Å². The maximum absolute atomic E-state index is 12.7. The van der Waals surface area contributed by atoms with Gasteiger partial charge in [-0.2, -0.15) is 9.29 Å². The first kappa shape index (κ1) is 26.1. The monoisotopic (exact) mass is 549 g/mol. The van der Waals surface area contributed by atoms with Gasteiger partial charge < -0.3 is 15.5 Å². The van der Waals surface area contributed by atoms with E-state index in [4.69, 9.17) is 23.2 Å². The number of nitrogens with one attached hydrogen (secondary N) is 2. The van der Waals surface area contributed by atoms with Gasteiger partial charge in [-0.1, -0.05) is 36.2 Å². The first-order valence-electron chi connectivity index (χ1n) is 11.2. The average Bonchev–Trinajstić information content (AvgIpc) is 2.83. The summed E-state index contributed by atoms with van der Waals surface area (Å²) < 4.78 is 25.1. The molecule has 190 valence electrons. The van der Waals surface area contributed by atoms with Crippen molar-refractivity contribution in [2.24, 2.45) is 0 Å². The van der Waals surface area contributed by atoms with Crippen molar-refractivity contribution in [3.05, 3.63) is 63.9 Å². The van der Waals surface area contributed by atoms with Gasteiger partial charge in [0.15, 0.2) is 0 Å². The maximum atomic E-state index is 12.7. The first-order chi connectivity index (χ1) is 17.1. The molecule has 0 unspecified atom stereocenters. The second-order valence-electron chi connectivity index (χ2n) is 8.15. The predicted octanol–water partition coefficient (Wildman–Crippen LogP) is 3.82. The molecule has 0 aliphatic carbocycles. The molecule has 10 nitrogen and oxygen atoms in total. The number of carbonyl (C=O) groups is 1. The molecular weight excluding hydrogens is 525 g/mol. The summed E-state index contributed by atoms with van der Waals surface area (Å²) in [6.45, 7) is 3.72. The molecule has 0 radical (unpaired) electrons. The lowest BCUT2D eigenvalue weighted by Gasteiger charge is -2.33. The number of hydrogen-bond acceptors (Lipinski definition) is 8. The quantitative estimate of drug-likeness (QED) is 0.456. The number of anilines is 4. The van der Waals surface area contributed by atoms with Crippen LogP contribution in [0.2, 0.25) is 10.0 Å². The number of pyridine rings is 1. The minimum absolute atomic E-state index is 0.191. The Morgan fingerprint density at radius 3 is 2.36 bits per heavy atom. The van der Waals surface area contributed by atoms with E-state index in [9.17, 15) is 13.2 Å². The summed E-state index contributed by atoms with van der Waals surface area (Å²) in [6.07, 6.45) is 3.46. The van der Waals surface area contributed by atoms with Gasteiger partial charge in [0.2, 0.25) is 16.0 Å². The van der Waals surface area contributed by atoms with Gasteiger partial charge in [0.25, 0.3) is 5.91 Å². The SMILES string of the molecule is CCc1cc(Nc2cc(NC(=O)c3c(Cl)cccc3Cl)ccn2)nc(N2CCN(S(C)(=O)=O)CC2)n1. The second kappa shape index (κ2) is 11.0. The van der Waals surface area contributed by atoms with Gasteiger partial charge >= 0.3 is 0 Å². The van der Waals surface area contributed by atoms with Crippen LogP contribution in [0.25, 0.3) is 0 Å². The number of nitrogens with zero attached hydrogens (tertiary/aromatic N) is 5. The Morgan fingerprint density at radius 1 is 1.03 bits per heavy atom. The topological polar surface area (TPSA) is 120 Å². The highest BCUT2D eigenvalue weighted by Crippen LogP contribution is 2.26. The van der Waals surface area contributed by atoms with E-state index in [0.29, 0.717) is 55.9 Å². The maximum Gasteiger partial charge on any atom is 0.258 e. The fourth-order valence-electron chi connectivity index (χ4n) is 3.71. The molecular formula is C23H25Cl2N7O3S. The zero-order chi connectivity index (χ0) is 25.9. The second-order valence-corrected chi connectivity index (χ2v) is 10.9. The lowest BCUT2D eigenvalue weighted by atomic mass is 10.2. The molecule has 4 rings (SSSR count). The minimum atomic E-state index is -3.23. The van der Waals surface area contributed by atoms with Gasteiger partial charge in [-0.15, -0.1) is 0 Å². The van der Waals surface area contributed by atoms with Crippen molar-refractivity contribution in [3.63, 3.8) is 0 Å². The molecule has 2 aromatic heterocycles. The number of halogens is 2.